The zero-order valence-corrected chi connectivity index (χ0v) is 12.1. The van der Waals surface area contributed by atoms with Crippen LogP contribution in [0.5, 0.6) is 5.75 Å². The van der Waals surface area contributed by atoms with Gasteiger partial charge in [0.05, 0.1) is 11.7 Å². The number of hydrogen-bond donors (Lipinski definition) is 1. The predicted molar refractivity (Wildman–Crippen MR) is 76.1 cm³/mol. The SMILES string of the molecule is Cc1noc(C)c1NC(=O)c1ccccc1OC(C)C. The first-order valence-electron chi connectivity index (χ1n) is 6.49. The Kier molecular flexibility index (Phi) is 4.08. The molecule has 0 saturated heterocycles. The van der Waals surface area contributed by atoms with Crippen molar-refractivity contribution >= 4 is 11.6 Å². The zero-order valence-electron chi connectivity index (χ0n) is 12.1. The minimum absolute atomic E-state index is 0.00279. The van der Waals surface area contributed by atoms with E-state index in [1.807, 2.05) is 19.9 Å². The molecular weight excluding hydrogens is 256 g/mol. The summed E-state index contributed by atoms with van der Waals surface area (Å²) in [4.78, 5) is 12.4. The molecule has 5 nitrogen and oxygen atoms in total. The lowest BCUT2D eigenvalue weighted by Crippen LogP contribution is -2.16. The van der Waals surface area contributed by atoms with Gasteiger partial charge in [-0.25, -0.2) is 0 Å². The van der Waals surface area contributed by atoms with Gasteiger partial charge in [0.2, 0.25) is 0 Å². The number of anilines is 1. The average Bonchev–Trinajstić information content (AvgIpc) is 2.70. The quantitative estimate of drug-likeness (QED) is 0.928. The maximum absolute atomic E-state index is 12.4. The van der Waals surface area contributed by atoms with Crippen LogP contribution in [-0.2, 0) is 0 Å². The molecule has 20 heavy (non-hydrogen) atoms. The van der Waals surface area contributed by atoms with Gasteiger partial charge in [0.1, 0.15) is 17.1 Å². The molecule has 0 atom stereocenters. The molecule has 0 aliphatic rings. The van der Waals surface area contributed by atoms with E-state index in [0.29, 0.717) is 28.5 Å². The normalized spacial score (nSPS) is 10.7. The van der Waals surface area contributed by atoms with E-state index in [0.717, 1.165) is 0 Å². The van der Waals surface area contributed by atoms with Crippen LogP contribution in [0.3, 0.4) is 0 Å². The van der Waals surface area contributed by atoms with E-state index in [-0.39, 0.29) is 12.0 Å². The second-order valence-corrected chi connectivity index (χ2v) is 4.82. The molecule has 0 radical (unpaired) electrons. The topological polar surface area (TPSA) is 64.4 Å². The van der Waals surface area contributed by atoms with Crippen molar-refractivity contribution in [1.29, 1.82) is 0 Å². The first-order chi connectivity index (χ1) is 9.49. The number of carbonyl (C=O) groups excluding carboxylic acids is 1. The second kappa shape index (κ2) is 5.77. The minimum Gasteiger partial charge on any atom is -0.490 e. The molecule has 106 valence electrons. The monoisotopic (exact) mass is 274 g/mol. The summed E-state index contributed by atoms with van der Waals surface area (Å²) in [6, 6.07) is 7.15. The molecule has 0 aliphatic carbocycles. The molecule has 1 aromatic heterocycles. The van der Waals surface area contributed by atoms with Crippen molar-refractivity contribution in [3.8, 4) is 5.75 Å². The number of amides is 1. The molecule has 1 heterocycles. The van der Waals surface area contributed by atoms with Gasteiger partial charge in [-0.1, -0.05) is 17.3 Å². The van der Waals surface area contributed by atoms with Gasteiger partial charge < -0.3 is 14.6 Å². The summed E-state index contributed by atoms with van der Waals surface area (Å²) < 4.78 is 10.7. The number of aromatic nitrogens is 1. The third kappa shape index (κ3) is 2.99. The molecule has 0 aliphatic heterocycles. The van der Waals surface area contributed by atoms with Gasteiger partial charge in [-0.05, 0) is 39.8 Å². The van der Waals surface area contributed by atoms with Crippen molar-refractivity contribution in [1.82, 2.24) is 5.16 Å². The lowest BCUT2D eigenvalue weighted by molar-refractivity contribution is 0.102. The molecular formula is C15H18N2O3. The number of para-hydroxylation sites is 1. The zero-order chi connectivity index (χ0) is 14.7. The van der Waals surface area contributed by atoms with E-state index in [1.165, 1.54) is 0 Å². The van der Waals surface area contributed by atoms with Crippen LogP contribution in [0.15, 0.2) is 28.8 Å². The molecule has 0 bridgehead atoms. The molecule has 1 aromatic carbocycles. The highest BCUT2D eigenvalue weighted by atomic mass is 16.5. The minimum atomic E-state index is -0.240. The number of carbonyl (C=O) groups is 1. The first-order valence-corrected chi connectivity index (χ1v) is 6.49. The molecule has 1 N–H and O–H groups in total. The van der Waals surface area contributed by atoms with E-state index in [2.05, 4.69) is 10.5 Å². The van der Waals surface area contributed by atoms with Crippen molar-refractivity contribution in [3.63, 3.8) is 0 Å². The average molecular weight is 274 g/mol. The van der Waals surface area contributed by atoms with E-state index in [1.54, 1.807) is 32.0 Å². The second-order valence-electron chi connectivity index (χ2n) is 4.82. The fraction of sp³-hybridized carbons (Fsp3) is 0.333. The standard InChI is InChI=1S/C15H18N2O3/c1-9(2)19-13-8-6-5-7-12(13)15(18)16-14-10(3)17-20-11(14)4/h5-9H,1-4H3,(H,16,18). The van der Waals surface area contributed by atoms with Crippen molar-refractivity contribution in [3.05, 3.63) is 41.3 Å². The number of benzene rings is 1. The summed E-state index contributed by atoms with van der Waals surface area (Å²) in [6.45, 7) is 7.38. The van der Waals surface area contributed by atoms with Gasteiger partial charge in [0.25, 0.3) is 5.91 Å². The third-order valence-corrected chi connectivity index (χ3v) is 2.77. The van der Waals surface area contributed by atoms with Crippen LogP contribution in [0.1, 0.15) is 35.7 Å². The number of nitrogens with one attached hydrogen (secondary N) is 1. The first kappa shape index (κ1) is 14.1. The van der Waals surface area contributed by atoms with Gasteiger partial charge in [-0.3, -0.25) is 4.79 Å². The van der Waals surface area contributed by atoms with Crippen LogP contribution in [0, 0.1) is 13.8 Å². The summed E-state index contributed by atoms with van der Waals surface area (Å²) in [7, 11) is 0. The van der Waals surface area contributed by atoms with Crippen LogP contribution in [-0.4, -0.2) is 17.2 Å². The molecule has 5 heteroatoms. The van der Waals surface area contributed by atoms with Gasteiger partial charge in [-0.15, -0.1) is 0 Å². The number of aryl methyl sites for hydroxylation is 2. The Bertz CT molecular complexity index is 598. The van der Waals surface area contributed by atoms with E-state index in [4.69, 9.17) is 9.26 Å². The van der Waals surface area contributed by atoms with Crippen molar-refractivity contribution in [2.75, 3.05) is 5.32 Å². The molecule has 0 unspecified atom stereocenters. The number of rotatable bonds is 4. The Hall–Kier alpha value is -2.30. The smallest absolute Gasteiger partial charge is 0.259 e. The van der Waals surface area contributed by atoms with Crippen LogP contribution in [0.2, 0.25) is 0 Å². The molecule has 0 fully saturated rings. The molecule has 0 spiro atoms. The maximum Gasteiger partial charge on any atom is 0.259 e. The third-order valence-electron chi connectivity index (χ3n) is 2.77. The Morgan fingerprint density at radius 3 is 2.60 bits per heavy atom. The largest absolute Gasteiger partial charge is 0.490 e. The van der Waals surface area contributed by atoms with E-state index < -0.39 is 0 Å². The van der Waals surface area contributed by atoms with Crippen molar-refractivity contribution in [2.45, 2.75) is 33.8 Å². The molecule has 2 aromatic rings. The highest BCUT2D eigenvalue weighted by Gasteiger charge is 2.17. The molecule has 2 rings (SSSR count). The number of ether oxygens (including phenoxy) is 1. The van der Waals surface area contributed by atoms with Crippen LogP contribution < -0.4 is 10.1 Å². The number of hydrogen-bond acceptors (Lipinski definition) is 4. The van der Waals surface area contributed by atoms with Gasteiger partial charge in [-0.2, -0.15) is 0 Å². The fourth-order valence-corrected chi connectivity index (χ4v) is 1.85. The molecule has 1 amide bonds. The van der Waals surface area contributed by atoms with E-state index in [9.17, 15) is 4.79 Å². The summed E-state index contributed by atoms with van der Waals surface area (Å²) in [6.07, 6.45) is 0.00279. The Morgan fingerprint density at radius 2 is 2.00 bits per heavy atom. The summed E-state index contributed by atoms with van der Waals surface area (Å²) in [5.41, 5.74) is 1.74. The van der Waals surface area contributed by atoms with Crippen LogP contribution in [0.4, 0.5) is 5.69 Å². The Labute approximate surface area is 117 Å². The van der Waals surface area contributed by atoms with Gasteiger partial charge in [0.15, 0.2) is 5.76 Å². The predicted octanol–water partition coefficient (Wildman–Crippen LogP) is 3.33. The highest BCUT2D eigenvalue weighted by Crippen LogP contribution is 2.23. The fourth-order valence-electron chi connectivity index (χ4n) is 1.85. The van der Waals surface area contributed by atoms with Gasteiger partial charge >= 0.3 is 0 Å². The maximum atomic E-state index is 12.4. The lowest BCUT2D eigenvalue weighted by Gasteiger charge is -2.13. The van der Waals surface area contributed by atoms with E-state index >= 15 is 0 Å². The van der Waals surface area contributed by atoms with Crippen molar-refractivity contribution < 1.29 is 14.1 Å². The molecule has 0 saturated carbocycles. The van der Waals surface area contributed by atoms with Crippen molar-refractivity contribution in [2.24, 2.45) is 0 Å². The van der Waals surface area contributed by atoms with Gasteiger partial charge in [0, 0.05) is 0 Å². The Balaban J connectivity index is 2.26. The summed E-state index contributed by atoms with van der Waals surface area (Å²) in [5.74, 6) is 0.903. The summed E-state index contributed by atoms with van der Waals surface area (Å²) in [5, 5.41) is 6.63. The Morgan fingerprint density at radius 1 is 1.30 bits per heavy atom. The lowest BCUT2D eigenvalue weighted by atomic mass is 10.1. The summed E-state index contributed by atoms with van der Waals surface area (Å²) >= 11 is 0. The highest BCUT2D eigenvalue weighted by molar-refractivity contribution is 6.06. The van der Waals surface area contributed by atoms with Crippen LogP contribution in [0.25, 0.3) is 0 Å². The number of nitrogens with zero attached hydrogens (tertiary/aromatic N) is 1. The van der Waals surface area contributed by atoms with Crippen LogP contribution >= 0.6 is 0 Å².